The van der Waals surface area contributed by atoms with Gasteiger partial charge in [-0.3, -0.25) is 0 Å². The van der Waals surface area contributed by atoms with Gasteiger partial charge in [0, 0.05) is 29.2 Å². The van der Waals surface area contributed by atoms with Crippen LogP contribution in [0.1, 0.15) is 18.1 Å². The second kappa shape index (κ2) is 7.14. The highest BCUT2D eigenvalue weighted by Gasteiger charge is 2.04. The van der Waals surface area contributed by atoms with Crippen molar-refractivity contribution in [1.29, 1.82) is 0 Å². The molecule has 0 fully saturated rings. The lowest BCUT2D eigenvalue weighted by atomic mass is 10.1. The Morgan fingerprint density at radius 1 is 1.00 bits per heavy atom. The summed E-state index contributed by atoms with van der Waals surface area (Å²) >= 11 is 0. The number of hydrogen-bond donors (Lipinski definition) is 2. The highest BCUT2D eigenvalue weighted by atomic mass is 16.5. The third-order valence-electron chi connectivity index (χ3n) is 3.83. The van der Waals surface area contributed by atoms with Crippen LogP contribution in [0.4, 0.5) is 0 Å². The van der Waals surface area contributed by atoms with Gasteiger partial charge in [-0.1, -0.05) is 36.4 Å². The van der Waals surface area contributed by atoms with Gasteiger partial charge in [-0.15, -0.1) is 0 Å². The molecular formula is C19H22N2O. The molecule has 2 N–H and O–H groups in total. The Labute approximate surface area is 131 Å². The summed E-state index contributed by atoms with van der Waals surface area (Å²) in [6.07, 6.45) is 3.13. The SMILES string of the molecule is CCOc1ccccc1CNCCc1c[nH]c2ccccc12. The van der Waals surface area contributed by atoms with Crippen LogP contribution in [0, 0.1) is 0 Å². The molecule has 3 rings (SSSR count). The first-order valence-corrected chi connectivity index (χ1v) is 7.85. The van der Waals surface area contributed by atoms with Gasteiger partial charge in [0.1, 0.15) is 5.75 Å². The molecule has 0 bridgehead atoms. The van der Waals surface area contributed by atoms with Crippen LogP contribution in [0.15, 0.2) is 54.7 Å². The van der Waals surface area contributed by atoms with Gasteiger partial charge in [0.05, 0.1) is 6.61 Å². The van der Waals surface area contributed by atoms with Gasteiger partial charge >= 0.3 is 0 Å². The van der Waals surface area contributed by atoms with Crippen molar-refractivity contribution in [1.82, 2.24) is 10.3 Å². The number of aromatic nitrogens is 1. The van der Waals surface area contributed by atoms with Gasteiger partial charge in [-0.05, 0) is 37.6 Å². The molecule has 0 aliphatic heterocycles. The van der Waals surface area contributed by atoms with Crippen molar-refractivity contribution in [2.75, 3.05) is 13.2 Å². The molecule has 114 valence electrons. The minimum absolute atomic E-state index is 0.701. The number of nitrogens with one attached hydrogen (secondary N) is 2. The molecule has 3 aromatic rings. The molecule has 0 unspecified atom stereocenters. The second-order valence-electron chi connectivity index (χ2n) is 5.33. The average Bonchev–Trinajstić information content (AvgIpc) is 2.97. The fourth-order valence-corrected chi connectivity index (χ4v) is 2.73. The fourth-order valence-electron chi connectivity index (χ4n) is 2.73. The first kappa shape index (κ1) is 14.7. The normalized spacial score (nSPS) is 11.0. The Bertz CT molecular complexity index is 733. The van der Waals surface area contributed by atoms with Crippen LogP contribution in [0.25, 0.3) is 10.9 Å². The molecule has 1 heterocycles. The summed E-state index contributed by atoms with van der Waals surface area (Å²) in [7, 11) is 0. The standard InChI is InChI=1S/C19H22N2O/c1-2-22-19-10-6-3-7-16(19)13-20-12-11-15-14-21-18-9-5-4-8-17(15)18/h3-10,14,20-21H,2,11-13H2,1H3. The summed E-state index contributed by atoms with van der Waals surface area (Å²) < 4.78 is 5.65. The molecular weight excluding hydrogens is 272 g/mol. The van der Waals surface area contributed by atoms with Gasteiger partial charge in [-0.25, -0.2) is 0 Å². The van der Waals surface area contributed by atoms with Crippen molar-refractivity contribution in [2.45, 2.75) is 19.9 Å². The monoisotopic (exact) mass is 294 g/mol. The molecule has 0 saturated heterocycles. The maximum absolute atomic E-state index is 5.65. The zero-order chi connectivity index (χ0) is 15.2. The first-order chi connectivity index (χ1) is 10.9. The van der Waals surface area contributed by atoms with Crippen LogP contribution in [0.5, 0.6) is 5.75 Å². The van der Waals surface area contributed by atoms with Gasteiger partial charge < -0.3 is 15.0 Å². The number of fused-ring (bicyclic) bond motifs is 1. The average molecular weight is 294 g/mol. The Kier molecular flexibility index (Phi) is 4.76. The zero-order valence-corrected chi connectivity index (χ0v) is 12.9. The second-order valence-corrected chi connectivity index (χ2v) is 5.33. The van der Waals surface area contributed by atoms with Crippen LogP contribution in [-0.4, -0.2) is 18.1 Å². The molecule has 3 nitrogen and oxygen atoms in total. The van der Waals surface area contributed by atoms with E-state index < -0.39 is 0 Å². The summed E-state index contributed by atoms with van der Waals surface area (Å²) in [6, 6.07) is 16.6. The predicted molar refractivity (Wildman–Crippen MR) is 91.3 cm³/mol. The minimum atomic E-state index is 0.701. The molecule has 0 atom stereocenters. The van der Waals surface area contributed by atoms with Gasteiger partial charge in [0.15, 0.2) is 0 Å². The number of benzene rings is 2. The van der Waals surface area contributed by atoms with Crippen LogP contribution in [0.3, 0.4) is 0 Å². The van der Waals surface area contributed by atoms with Crippen molar-refractivity contribution in [3.63, 3.8) is 0 Å². The third kappa shape index (κ3) is 3.31. The van der Waals surface area contributed by atoms with Crippen molar-refractivity contribution in [3.05, 3.63) is 65.9 Å². The van der Waals surface area contributed by atoms with E-state index in [0.717, 1.165) is 25.3 Å². The summed E-state index contributed by atoms with van der Waals surface area (Å²) in [5.74, 6) is 0.976. The van der Waals surface area contributed by atoms with Crippen LogP contribution < -0.4 is 10.1 Å². The minimum Gasteiger partial charge on any atom is -0.494 e. The quantitative estimate of drug-likeness (QED) is 0.648. The van der Waals surface area contributed by atoms with E-state index in [4.69, 9.17) is 4.74 Å². The van der Waals surface area contributed by atoms with Crippen LogP contribution in [0.2, 0.25) is 0 Å². The van der Waals surface area contributed by atoms with Crippen LogP contribution in [-0.2, 0) is 13.0 Å². The lowest BCUT2D eigenvalue weighted by Crippen LogP contribution is -2.17. The van der Waals surface area contributed by atoms with E-state index in [9.17, 15) is 0 Å². The van der Waals surface area contributed by atoms with E-state index in [1.54, 1.807) is 0 Å². The van der Waals surface area contributed by atoms with Crippen LogP contribution >= 0.6 is 0 Å². The molecule has 0 aliphatic rings. The number of para-hydroxylation sites is 2. The Balaban J connectivity index is 1.56. The molecule has 3 heteroatoms. The zero-order valence-electron chi connectivity index (χ0n) is 12.9. The smallest absolute Gasteiger partial charge is 0.123 e. The van der Waals surface area contributed by atoms with Gasteiger partial charge in [0.25, 0.3) is 0 Å². The van der Waals surface area contributed by atoms with Gasteiger partial charge in [-0.2, -0.15) is 0 Å². The highest BCUT2D eigenvalue weighted by molar-refractivity contribution is 5.83. The van der Waals surface area contributed by atoms with Gasteiger partial charge in [0.2, 0.25) is 0 Å². The van der Waals surface area contributed by atoms with E-state index in [1.807, 2.05) is 19.1 Å². The maximum Gasteiger partial charge on any atom is 0.123 e. The number of H-pyrrole nitrogens is 1. The Hall–Kier alpha value is -2.26. The topological polar surface area (TPSA) is 37.0 Å². The molecule has 0 radical (unpaired) electrons. The number of rotatable bonds is 7. The van der Waals surface area contributed by atoms with Crippen molar-refractivity contribution in [2.24, 2.45) is 0 Å². The summed E-state index contributed by atoms with van der Waals surface area (Å²) in [4.78, 5) is 3.32. The summed E-state index contributed by atoms with van der Waals surface area (Å²) in [5, 5.41) is 4.83. The number of aromatic amines is 1. The summed E-state index contributed by atoms with van der Waals surface area (Å²) in [6.45, 7) is 4.49. The van der Waals surface area contributed by atoms with Crippen molar-refractivity contribution >= 4 is 10.9 Å². The Morgan fingerprint density at radius 3 is 2.73 bits per heavy atom. The predicted octanol–water partition coefficient (Wildman–Crippen LogP) is 3.90. The molecule has 0 spiro atoms. The molecule has 1 aromatic heterocycles. The maximum atomic E-state index is 5.65. The molecule has 0 amide bonds. The Morgan fingerprint density at radius 2 is 1.82 bits per heavy atom. The van der Waals surface area contributed by atoms with E-state index in [0.29, 0.717) is 6.61 Å². The first-order valence-electron chi connectivity index (χ1n) is 7.85. The molecule has 0 aliphatic carbocycles. The lowest BCUT2D eigenvalue weighted by molar-refractivity contribution is 0.335. The van der Waals surface area contributed by atoms with E-state index in [2.05, 4.69) is 52.9 Å². The number of ether oxygens (including phenoxy) is 1. The highest BCUT2D eigenvalue weighted by Crippen LogP contribution is 2.19. The van der Waals surface area contributed by atoms with E-state index >= 15 is 0 Å². The molecule has 2 aromatic carbocycles. The van der Waals surface area contributed by atoms with E-state index in [1.165, 1.54) is 22.0 Å². The molecule has 22 heavy (non-hydrogen) atoms. The van der Waals surface area contributed by atoms with Crippen molar-refractivity contribution in [3.8, 4) is 5.75 Å². The van der Waals surface area contributed by atoms with E-state index in [-0.39, 0.29) is 0 Å². The third-order valence-corrected chi connectivity index (χ3v) is 3.83. The largest absolute Gasteiger partial charge is 0.494 e. The molecule has 0 saturated carbocycles. The lowest BCUT2D eigenvalue weighted by Gasteiger charge is -2.10. The van der Waals surface area contributed by atoms with Crippen molar-refractivity contribution < 1.29 is 4.74 Å². The summed E-state index contributed by atoms with van der Waals surface area (Å²) in [5.41, 5.74) is 3.78. The number of hydrogen-bond acceptors (Lipinski definition) is 2. The fraction of sp³-hybridized carbons (Fsp3) is 0.263.